The van der Waals surface area contributed by atoms with Crippen molar-refractivity contribution in [2.45, 2.75) is 25.6 Å². The molecule has 8 heteroatoms. The molecule has 32 heavy (non-hydrogen) atoms. The van der Waals surface area contributed by atoms with E-state index in [1.807, 2.05) is 34.9 Å². The van der Waals surface area contributed by atoms with Gasteiger partial charge in [-0.1, -0.05) is 12.1 Å². The van der Waals surface area contributed by atoms with Crippen LogP contribution in [-0.4, -0.2) is 46.6 Å². The highest BCUT2D eigenvalue weighted by molar-refractivity contribution is 5.97. The lowest BCUT2D eigenvalue weighted by Crippen LogP contribution is -2.49. The summed E-state index contributed by atoms with van der Waals surface area (Å²) in [6.45, 7) is 0.804. The van der Waals surface area contributed by atoms with Gasteiger partial charge in [0.25, 0.3) is 5.91 Å². The Morgan fingerprint density at radius 1 is 1.12 bits per heavy atom. The van der Waals surface area contributed by atoms with Gasteiger partial charge in [0.15, 0.2) is 0 Å². The molecule has 0 fully saturated rings. The molecule has 0 saturated carbocycles. The van der Waals surface area contributed by atoms with E-state index >= 15 is 0 Å². The summed E-state index contributed by atoms with van der Waals surface area (Å²) in [5.74, 6) is -0.00314. The number of hydrogen-bond donors (Lipinski definition) is 0. The highest BCUT2D eigenvalue weighted by Gasteiger charge is 2.38. The fraction of sp³-hybridized carbons (Fsp3) is 0.250. The Labute approximate surface area is 185 Å². The topological polar surface area (TPSA) is 97.4 Å². The second-order valence-corrected chi connectivity index (χ2v) is 7.48. The molecular formula is C24H22N4O4. The molecular weight excluding hydrogens is 408 g/mol. The second kappa shape index (κ2) is 8.94. The van der Waals surface area contributed by atoms with E-state index in [-0.39, 0.29) is 18.9 Å². The Morgan fingerprint density at radius 3 is 2.47 bits per heavy atom. The fourth-order valence-corrected chi connectivity index (χ4v) is 3.84. The largest absolute Gasteiger partial charge is 0.497 e. The molecule has 0 unspecified atom stereocenters. The monoisotopic (exact) mass is 430 g/mol. The molecule has 8 nitrogen and oxygen atoms in total. The number of benzene rings is 2. The molecule has 1 atom stereocenters. The van der Waals surface area contributed by atoms with Crippen molar-refractivity contribution in [2.24, 2.45) is 0 Å². The van der Waals surface area contributed by atoms with Crippen molar-refractivity contribution in [2.75, 3.05) is 14.2 Å². The zero-order valence-electron chi connectivity index (χ0n) is 17.8. The lowest BCUT2D eigenvalue weighted by molar-refractivity contribution is -0.146. The van der Waals surface area contributed by atoms with Gasteiger partial charge in [0.2, 0.25) is 0 Å². The number of aromatic nitrogens is 2. The Morgan fingerprint density at radius 2 is 1.84 bits per heavy atom. The molecule has 0 spiro atoms. The number of methoxy groups -OCH3 is 2. The van der Waals surface area contributed by atoms with Gasteiger partial charge in [0, 0.05) is 18.5 Å². The lowest BCUT2D eigenvalue weighted by Gasteiger charge is -2.34. The number of carbonyl (C=O) groups is 2. The van der Waals surface area contributed by atoms with Gasteiger partial charge >= 0.3 is 5.97 Å². The molecule has 4 rings (SSSR count). The Bertz CT molecular complexity index is 1180. The van der Waals surface area contributed by atoms with Crippen LogP contribution in [0.5, 0.6) is 5.75 Å². The molecule has 2 heterocycles. The summed E-state index contributed by atoms with van der Waals surface area (Å²) in [6, 6.07) is 15.4. The first kappa shape index (κ1) is 21.1. The first-order valence-corrected chi connectivity index (χ1v) is 10.1. The number of amides is 1. The van der Waals surface area contributed by atoms with Crippen LogP contribution in [0.25, 0.3) is 0 Å². The molecule has 0 bridgehead atoms. The highest BCUT2D eigenvalue weighted by Crippen LogP contribution is 2.26. The van der Waals surface area contributed by atoms with Gasteiger partial charge < -0.3 is 18.9 Å². The zero-order chi connectivity index (χ0) is 22.7. The van der Waals surface area contributed by atoms with Crippen molar-refractivity contribution in [1.82, 2.24) is 14.5 Å². The summed E-state index contributed by atoms with van der Waals surface area (Å²) < 4.78 is 12.2. The molecule has 1 aliphatic heterocycles. The molecule has 162 valence electrons. The van der Waals surface area contributed by atoms with Gasteiger partial charge in [0.1, 0.15) is 11.8 Å². The van der Waals surface area contributed by atoms with Crippen LogP contribution in [0.2, 0.25) is 0 Å². The maximum Gasteiger partial charge on any atom is 0.329 e. The van der Waals surface area contributed by atoms with Crippen LogP contribution in [0.4, 0.5) is 0 Å². The predicted octanol–water partition coefficient (Wildman–Crippen LogP) is 2.55. The van der Waals surface area contributed by atoms with E-state index in [1.165, 1.54) is 12.0 Å². The number of esters is 1. The molecule has 0 aliphatic carbocycles. The minimum absolute atomic E-state index is 0.226. The molecule has 1 aromatic heterocycles. The third kappa shape index (κ3) is 4.05. The molecule has 0 N–H and O–H groups in total. The van der Waals surface area contributed by atoms with Gasteiger partial charge in [0.05, 0.1) is 50.1 Å². The second-order valence-electron chi connectivity index (χ2n) is 7.48. The number of fused-ring (bicyclic) bond motifs is 1. The number of ether oxygens (including phenoxy) is 2. The molecule has 1 aliphatic rings. The van der Waals surface area contributed by atoms with Gasteiger partial charge in [-0.15, -0.1) is 0 Å². The Kier molecular flexibility index (Phi) is 5.90. The molecule has 0 saturated heterocycles. The number of imidazole rings is 1. The van der Waals surface area contributed by atoms with Gasteiger partial charge in [-0.3, -0.25) is 4.79 Å². The van der Waals surface area contributed by atoms with Crippen LogP contribution in [0.1, 0.15) is 32.9 Å². The van der Waals surface area contributed by atoms with Crippen molar-refractivity contribution < 1.29 is 19.1 Å². The summed E-state index contributed by atoms with van der Waals surface area (Å²) in [5, 5.41) is 9.01. The van der Waals surface area contributed by atoms with E-state index in [4.69, 9.17) is 14.7 Å². The standard InChI is InChI=1S/C24H22N4O4/c1-31-19-9-5-17(6-10-19)13-27-15-26-20-11-21(24(30)32-2)28(14-22(20)27)23(29)18-7-3-16(12-25)4-8-18/h3-10,15,21H,11,13-14H2,1-2H3/t21-/m0/s1. The number of carbonyl (C=O) groups excluding carboxylic acids is 2. The zero-order valence-corrected chi connectivity index (χ0v) is 17.8. The van der Waals surface area contributed by atoms with Crippen LogP contribution in [-0.2, 0) is 29.0 Å². The van der Waals surface area contributed by atoms with Crippen molar-refractivity contribution in [1.29, 1.82) is 5.26 Å². The van der Waals surface area contributed by atoms with Gasteiger partial charge in [-0.25, -0.2) is 9.78 Å². The minimum atomic E-state index is -0.764. The number of nitriles is 1. The highest BCUT2D eigenvalue weighted by atomic mass is 16.5. The summed E-state index contributed by atoms with van der Waals surface area (Å²) in [6.07, 6.45) is 2.01. The molecule has 2 aromatic carbocycles. The van der Waals surface area contributed by atoms with Crippen molar-refractivity contribution in [3.63, 3.8) is 0 Å². The third-order valence-electron chi connectivity index (χ3n) is 5.62. The summed E-state index contributed by atoms with van der Waals surface area (Å²) >= 11 is 0. The van der Waals surface area contributed by atoms with Gasteiger partial charge in [-0.2, -0.15) is 5.26 Å². The minimum Gasteiger partial charge on any atom is -0.497 e. The summed E-state index contributed by atoms with van der Waals surface area (Å²) in [4.78, 5) is 31.8. The van der Waals surface area contributed by atoms with Crippen molar-refractivity contribution in [3.05, 3.63) is 82.9 Å². The fourth-order valence-electron chi connectivity index (χ4n) is 3.84. The predicted molar refractivity (Wildman–Crippen MR) is 115 cm³/mol. The van der Waals surface area contributed by atoms with E-state index in [0.717, 1.165) is 22.7 Å². The van der Waals surface area contributed by atoms with Crippen LogP contribution in [0, 0.1) is 11.3 Å². The quantitative estimate of drug-likeness (QED) is 0.577. The molecule has 1 amide bonds. The number of nitrogens with zero attached hydrogens (tertiary/aromatic N) is 4. The number of rotatable bonds is 5. The Hall–Kier alpha value is -4.12. The SMILES string of the molecule is COC(=O)[C@@H]1Cc2ncn(Cc3ccc(OC)cc3)c2CN1C(=O)c1ccc(C#N)cc1. The maximum atomic E-state index is 13.3. The van der Waals surface area contributed by atoms with E-state index < -0.39 is 12.0 Å². The van der Waals surface area contributed by atoms with Crippen LogP contribution in [0.3, 0.4) is 0 Å². The van der Waals surface area contributed by atoms with Crippen LogP contribution < -0.4 is 4.74 Å². The first-order chi connectivity index (χ1) is 15.5. The van der Waals surface area contributed by atoms with E-state index in [9.17, 15) is 9.59 Å². The van der Waals surface area contributed by atoms with E-state index in [0.29, 0.717) is 17.7 Å². The number of hydrogen-bond acceptors (Lipinski definition) is 6. The van der Waals surface area contributed by atoms with Crippen molar-refractivity contribution >= 4 is 11.9 Å². The van der Waals surface area contributed by atoms with E-state index in [1.54, 1.807) is 37.7 Å². The lowest BCUT2D eigenvalue weighted by atomic mass is 10.0. The smallest absolute Gasteiger partial charge is 0.329 e. The van der Waals surface area contributed by atoms with E-state index in [2.05, 4.69) is 4.98 Å². The van der Waals surface area contributed by atoms with Gasteiger partial charge in [-0.05, 0) is 42.0 Å². The normalized spacial score (nSPS) is 14.9. The summed E-state index contributed by atoms with van der Waals surface area (Å²) in [5.41, 5.74) is 3.58. The van der Waals surface area contributed by atoms with Crippen LogP contribution in [0.15, 0.2) is 54.9 Å². The molecule has 0 radical (unpaired) electrons. The molecule has 3 aromatic rings. The average molecular weight is 430 g/mol. The Balaban J connectivity index is 1.63. The van der Waals surface area contributed by atoms with Crippen LogP contribution >= 0.6 is 0 Å². The first-order valence-electron chi connectivity index (χ1n) is 10.1. The maximum absolute atomic E-state index is 13.3. The average Bonchev–Trinajstić information content (AvgIpc) is 3.24. The summed E-state index contributed by atoms with van der Waals surface area (Å²) in [7, 11) is 2.93. The third-order valence-corrected chi connectivity index (χ3v) is 5.62. The van der Waals surface area contributed by atoms with Crippen molar-refractivity contribution in [3.8, 4) is 11.8 Å².